The highest BCUT2D eigenvalue weighted by Gasteiger charge is 2.10. The lowest BCUT2D eigenvalue weighted by molar-refractivity contribution is -0.223. The van der Waals surface area contributed by atoms with Crippen molar-refractivity contribution in [1.82, 2.24) is 26.7 Å². The molecular formula is C25H48IN5O9. The first-order valence-electron chi connectivity index (χ1n) is 13.8. The van der Waals surface area contributed by atoms with Gasteiger partial charge in [-0.05, 0) is 25.2 Å². The van der Waals surface area contributed by atoms with Gasteiger partial charge in [0.05, 0.1) is 39.5 Å². The Morgan fingerprint density at radius 2 is 1.07 bits per heavy atom. The molecule has 0 saturated carbocycles. The van der Waals surface area contributed by atoms with E-state index in [0.717, 1.165) is 25.7 Å². The second-order valence-corrected chi connectivity index (χ2v) is 9.59. The lowest BCUT2D eigenvalue weighted by Crippen LogP contribution is -2.42. The summed E-state index contributed by atoms with van der Waals surface area (Å²) in [4.78, 5) is 51.8. The summed E-state index contributed by atoms with van der Waals surface area (Å²) in [6, 6.07) is 0. The molecule has 0 radical (unpaired) electrons. The topological polar surface area (TPSA) is 175 Å². The minimum atomic E-state index is -0.468. The van der Waals surface area contributed by atoms with Crippen LogP contribution in [0.15, 0.2) is 0 Å². The average Bonchev–Trinajstić information content (AvgIpc) is 2.93. The van der Waals surface area contributed by atoms with Gasteiger partial charge in [-0.15, -0.1) is 8.21 Å². The van der Waals surface area contributed by atoms with Crippen molar-refractivity contribution < 1.29 is 41.6 Å². The number of hydroxylamine groups is 1. The molecule has 0 fully saturated rings. The number of amides is 4. The summed E-state index contributed by atoms with van der Waals surface area (Å²) < 4.78 is 20.6. The lowest BCUT2D eigenvalue weighted by Gasteiger charge is -2.09. The van der Waals surface area contributed by atoms with E-state index in [2.05, 4.69) is 48.8 Å². The van der Waals surface area contributed by atoms with Crippen LogP contribution in [0.5, 0.6) is 0 Å². The molecule has 0 aromatic heterocycles. The molecule has 0 bridgehead atoms. The third kappa shape index (κ3) is 29.4. The molecule has 234 valence electrons. The third-order valence-electron chi connectivity index (χ3n) is 5.19. The van der Waals surface area contributed by atoms with Crippen LogP contribution in [0, 0.1) is 5.92 Å². The molecule has 0 heterocycles. The average molecular weight is 690 g/mol. The largest absolute Gasteiger partial charge is 0.379 e. The van der Waals surface area contributed by atoms with Gasteiger partial charge in [-0.1, -0.05) is 26.7 Å². The lowest BCUT2D eigenvalue weighted by atomic mass is 10.1. The van der Waals surface area contributed by atoms with E-state index in [0.29, 0.717) is 71.6 Å². The Hall–Kier alpha value is -1.63. The zero-order valence-electron chi connectivity index (χ0n) is 23.9. The van der Waals surface area contributed by atoms with E-state index in [4.69, 9.17) is 14.2 Å². The Morgan fingerprint density at radius 3 is 1.68 bits per heavy atom. The second kappa shape index (κ2) is 28.9. The summed E-state index contributed by atoms with van der Waals surface area (Å²) in [6.45, 7) is 8.49. The Labute approximate surface area is 251 Å². The molecule has 0 spiro atoms. The summed E-state index contributed by atoms with van der Waals surface area (Å²) in [5, 5.41) is 10.4. The van der Waals surface area contributed by atoms with Gasteiger partial charge in [0, 0.05) is 45.7 Å². The van der Waals surface area contributed by atoms with E-state index in [9.17, 15) is 19.2 Å². The number of halogens is 1. The molecule has 0 aliphatic heterocycles. The van der Waals surface area contributed by atoms with Crippen LogP contribution in [0.1, 0.15) is 58.8 Å². The summed E-state index contributed by atoms with van der Waals surface area (Å²) in [5.41, 5.74) is 2.60. The molecule has 0 unspecified atom stereocenters. The minimum absolute atomic E-state index is 0.0145. The van der Waals surface area contributed by atoms with Crippen molar-refractivity contribution in [1.29, 1.82) is 0 Å². The Bertz CT molecular complexity index is 675. The number of hydrogen-bond acceptors (Lipinski definition) is 10. The van der Waals surface area contributed by atoms with Gasteiger partial charge in [0.15, 0.2) is 23.0 Å². The molecule has 0 aromatic carbocycles. The zero-order chi connectivity index (χ0) is 29.7. The Balaban J connectivity index is 3.49. The fraction of sp³-hybridized carbons (Fsp3) is 0.840. The quantitative estimate of drug-likeness (QED) is 0.0341. The van der Waals surface area contributed by atoms with Gasteiger partial charge >= 0.3 is 0 Å². The van der Waals surface area contributed by atoms with E-state index < -0.39 is 11.8 Å². The van der Waals surface area contributed by atoms with E-state index >= 15 is 0 Å². The number of hydrogen-bond donors (Lipinski definition) is 5. The van der Waals surface area contributed by atoms with Gasteiger partial charge in [0.2, 0.25) is 23.6 Å². The number of carbonyl (C=O) groups excluding carboxylic acids is 4. The van der Waals surface area contributed by atoms with E-state index in [1.165, 1.54) is 0 Å². The van der Waals surface area contributed by atoms with Gasteiger partial charge in [-0.2, -0.15) is 5.48 Å². The molecule has 0 aromatic rings. The van der Waals surface area contributed by atoms with Crippen molar-refractivity contribution >= 4 is 46.6 Å². The maximum atomic E-state index is 11.9. The first kappa shape index (κ1) is 38.4. The molecule has 14 nitrogen and oxygen atoms in total. The predicted molar refractivity (Wildman–Crippen MR) is 156 cm³/mol. The van der Waals surface area contributed by atoms with E-state index in [1.807, 2.05) is 0 Å². The first-order chi connectivity index (χ1) is 19.3. The highest BCUT2D eigenvalue weighted by atomic mass is 127. The van der Waals surface area contributed by atoms with Crippen molar-refractivity contribution in [3.05, 3.63) is 0 Å². The number of unbranched alkanes of at least 4 members (excludes halogenated alkanes) is 1. The van der Waals surface area contributed by atoms with Crippen LogP contribution >= 0.6 is 23.0 Å². The highest BCUT2D eigenvalue weighted by Crippen LogP contribution is 2.04. The van der Waals surface area contributed by atoms with Crippen LogP contribution < -0.4 is 26.7 Å². The van der Waals surface area contributed by atoms with Crippen molar-refractivity contribution in [3.8, 4) is 0 Å². The first-order valence-corrected chi connectivity index (χ1v) is 14.7. The van der Waals surface area contributed by atoms with E-state index in [-0.39, 0.29) is 37.7 Å². The maximum absolute atomic E-state index is 11.9. The maximum Gasteiger partial charge on any atom is 0.239 e. The monoisotopic (exact) mass is 689 g/mol. The van der Waals surface area contributed by atoms with Crippen LogP contribution in [-0.4, -0.2) is 96.0 Å². The highest BCUT2D eigenvalue weighted by molar-refractivity contribution is 14.1. The summed E-state index contributed by atoms with van der Waals surface area (Å²) in [7, 11) is 0. The van der Waals surface area contributed by atoms with E-state index in [1.54, 1.807) is 23.0 Å². The molecule has 0 atom stereocenters. The summed E-state index contributed by atoms with van der Waals surface area (Å²) >= 11 is 1.62. The predicted octanol–water partition coefficient (Wildman–Crippen LogP) is 0.691. The standard InChI is InChI=1S/C25H48IN5O9/c1-21(2)7-3-4-10-28-24(34)19-30-25(35)20-29-23(33)9-8-22(32)27-11-5-13-36-15-17-38-18-16-37-14-6-12-31-40-39-26/h21,31H,3-20H2,1-2H3,(H,27,32)(H,28,34)(H,29,33)(H,30,35). The van der Waals surface area contributed by atoms with Gasteiger partial charge in [0.1, 0.15) is 0 Å². The zero-order valence-corrected chi connectivity index (χ0v) is 26.0. The fourth-order valence-corrected chi connectivity index (χ4v) is 3.17. The molecule has 40 heavy (non-hydrogen) atoms. The van der Waals surface area contributed by atoms with Crippen molar-refractivity contribution in [2.45, 2.75) is 58.8 Å². The normalized spacial score (nSPS) is 10.9. The van der Waals surface area contributed by atoms with Crippen molar-refractivity contribution in [2.75, 3.05) is 72.4 Å². The molecule has 4 amide bonds. The van der Waals surface area contributed by atoms with Gasteiger partial charge in [-0.3, -0.25) is 19.2 Å². The smallest absolute Gasteiger partial charge is 0.239 e. The Morgan fingerprint density at radius 1 is 0.600 bits per heavy atom. The van der Waals surface area contributed by atoms with Crippen molar-refractivity contribution in [2.24, 2.45) is 5.92 Å². The van der Waals surface area contributed by atoms with Crippen molar-refractivity contribution in [3.63, 3.8) is 0 Å². The molecule has 0 aliphatic carbocycles. The third-order valence-corrected chi connectivity index (χ3v) is 5.37. The SMILES string of the molecule is CC(C)CCCCNC(=O)CNC(=O)CNC(=O)CCC(=O)NCCCOCCOCCOCCCNOOI. The fourth-order valence-electron chi connectivity index (χ4n) is 3.05. The summed E-state index contributed by atoms with van der Waals surface area (Å²) in [6.07, 6.45) is 4.45. The minimum Gasteiger partial charge on any atom is -0.379 e. The van der Waals surface area contributed by atoms with Gasteiger partial charge in [0.25, 0.3) is 0 Å². The Kier molecular flexibility index (Phi) is 27.7. The van der Waals surface area contributed by atoms with Crippen LogP contribution in [0.25, 0.3) is 0 Å². The number of carbonyl (C=O) groups is 4. The summed E-state index contributed by atoms with van der Waals surface area (Å²) in [5.74, 6) is -0.766. The van der Waals surface area contributed by atoms with Crippen LogP contribution in [0.2, 0.25) is 0 Å². The molecule has 0 saturated heterocycles. The molecule has 15 heteroatoms. The van der Waals surface area contributed by atoms with Gasteiger partial charge < -0.3 is 35.5 Å². The number of rotatable bonds is 28. The van der Waals surface area contributed by atoms with Crippen LogP contribution in [0.4, 0.5) is 0 Å². The molecule has 0 aliphatic rings. The van der Waals surface area contributed by atoms with Gasteiger partial charge in [-0.25, -0.2) is 0 Å². The molecule has 0 rings (SSSR count). The second-order valence-electron chi connectivity index (χ2n) is 9.23. The number of ether oxygens (including phenoxy) is 3. The molecule has 5 N–H and O–H groups in total. The molecular weight excluding hydrogens is 641 g/mol. The van der Waals surface area contributed by atoms with Crippen LogP contribution in [0.3, 0.4) is 0 Å². The van der Waals surface area contributed by atoms with Crippen LogP contribution in [-0.2, 0) is 41.6 Å². The number of nitrogens with one attached hydrogen (secondary N) is 5.